The SMILES string of the molecule is COc1ccc(NC(=O)[C@@H]2CC=CCC2)cc1S(=O)(=O)N1CCCCC1. The Morgan fingerprint density at radius 2 is 1.96 bits per heavy atom. The number of anilines is 1. The number of benzene rings is 1. The smallest absolute Gasteiger partial charge is 0.246 e. The van der Waals surface area contributed by atoms with E-state index in [1.807, 2.05) is 6.08 Å². The lowest BCUT2D eigenvalue weighted by molar-refractivity contribution is -0.120. The molecular formula is C19H26N2O4S. The second kappa shape index (κ2) is 8.22. The average Bonchev–Trinajstić information content (AvgIpc) is 2.69. The zero-order chi connectivity index (χ0) is 18.6. The van der Waals surface area contributed by atoms with Crippen molar-refractivity contribution in [2.24, 2.45) is 5.92 Å². The molecule has 1 atom stereocenters. The quantitative estimate of drug-likeness (QED) is 0.799. The standard InChI is InChI=1S/C19H26N2O4S/c1-25-17-11-10-16(20-19(22)15-8-4-2-5-9-15)14-18(17)26(23,24)21-12-6-3-7-13-21/h2,4,10-11,14-15H,3,5-9,12-13H2,1H3,(H,20,22)/t15-/m1/s1. The van der Waals surface area contributed by atoms with E-state index in [1.165, 1.54) is 17.5 Å². The fraction of sp³-hybridized carbons (Fsp3) is 0.526. The summed E-state index contributed by atoms with van der Waals surface area (Å²) in [6, 6.07) is 4.80. The van der Waals surface area contributed by atoms with E-state index in [4.69, 9.17) is 4.74 Å². The Balaban J connectivity index is 1.84. The number of hydrogen-bond donors (Lipinski definition) is 1. The molecule has 1 saturated heterocycles. The van der Waals surface area contributed by atoms with Gasteiger partial charge in [-0.1, -0.05) is 18.6 Å². The van der Waals surface area contributed by atoms with Crippen LogP contribution in [-0.2, 0) is 14.8 Å². The van der Waals surface area contributed by atoms with Gasteiger partial charge in [-0.15, -0.1) is 0 Å². The first-order valence-corrected chi connectivity index (χ1v) is 10.6. The van der Waals surface area contributed by atoms with E-state index in [-0.39, 0.29) is 16.7 Å². The van der Waals surface area contributed by atoms with Crippen molar-refractivity contribution in [3.63, 3.8) is 0 Å². The highest BCUT2D eigenvalue weighted by Gasteiger charge is 2.29. The molecule has 1 aromatic carbocycles. The summed E-state index contributed by atoms with van der Waals surface area (Å²) in [6.45, 7) is 1.05. The maximum absolute atomic E-state index is 13.0. The first-order chi connectivity index (χ1) is 12.5. The molecule has 1 heterocycles. The van der Waals surface area contributed by atoms with Crippen LogP contribution in [0.5, 0.6) is 5.75 Å². The number of sulfonamides is 1. The summed E-state index contributed by atoms with van der Waals surface area (Å²) in [5.41, 5.74) is 0.487. The number of nitrogens with zero attached hydrogens (tertiary/aromatic N) is 1. The minimum atomic E-state index is -3.64. The van der Waals surface area contributed by atoms with Crippen molar-refractivity contribution < 1.29 is 17.9 Å². The Morgan fingerprint density at radius 3 is 2.62 bits per heavy atom. The number of carbonyl (C=O) groups is 1. The lowest BCUT2D eigenvalue weighted by Gasteiger charge is -2.26. The van der Waals surface area contributed by atoms with Crippen LogP contribution in [0.2, 0.25) is 0 Å². The summed E-state index contributed by atoms with van der Waals surface area (Å²) >= 11 is 0. The highest BCUT2D eigenvalue weighted by molar-refractivity contribution is 7.89. The van der Waals surface area contributed by atoms with Crippen molar-refractivity contribution in [2.75, 3.05) is 25.5 Å². The van der Waals surface area contributed by atoms with Crippen molar-refractivity contribution in [1.29, 1.82) is 0 Å². The van der Waals surface area contributed by atoms with Gasteiger partial charge in [-0.05, 0) is 50.3 Å². The number of piperidine rings is 1. The molecule has 6 nitrogen and oxygen atoms in total. The molecule has 26 heavy (non-hydrogen) atoms. The number of carbonyl (C=O) groups excluding carboxylic acids is 1. The van der Waals surface area contributed by atoms with Crippen LogP contribution in [0, 0.1) is 5.92 Å². The molecule has 0 bridgehead atoms. The molecule has 1 aliphatic carbocycles. The van der Waals surface area contributed by atoms with Gasteiger partial charge in [-0.2, -0.15) is 4.31 Å². The van der Waals surface area contributed by atoms with E-state index in [0.29, 0.717) is 24.5 Å². The van der Waals surface area contributed by atoms with E-state index < -0.39 is 10.0 Å². The van der Waals surface area contributed by atoms with E-state index in [9.17, 15) is 13.2 Å². The van der Waals surface area contributed by atoms with Gasteiger partial charge in [0.05, 0.1) is 7.11 Å². The fourth-order valence-electron chi connectivity index (χ4n) is 3.48. The summed E-state index contributed by atoms with van der Waals surface area (Å²) in [7, 11) is -2.19. The lowest BCUT2D eigenvalue weighted by Crippen LogP contribution is -2.35. The summed E-state index contributed by atoms with van der Waals surface area (Å²) in [5, 5.41) is 2.87. The molecule has 0 radical (unpaired) electrons. The highest BCUT2D eigenvalue weighted by Crippen LogP contribution is 2.31. The molecule has 0 unspecified atom stereocenters. The van der Waals surface area contributed by atoms with Crippen LogP contribution in [0.3, 0.4) is 0 Å². The molecule has 1 aliphatic heterocycles. The summed E-state index contributed by atoms with van der Waals surface area (Å²) in [6.07, 6.45) is 9.33. The van der Waals surface area contributed by atoms with Gasteiger partial charge >= 0.3 is 0 Å². The molecule has 0 aromatic heterocycles. The molecular weight excluding hydrogens is 352 g/mol. The molecule has 1 aromatic rings. The topological polar surface area (TPSA) is 75.7 Å². The van der Waals surface area contributed by atoms with Crippen molar-refractivity contribution in [3.8, 4) is 5.75 Å². The lowest BCUT2D eigenvalue weighted by atomic mass is 9.93. The van der Waals surface area contributed by atoms with Crippen LogP contribution in [-0.4, -0.2) is 38.8 Å². The number of rotatable bonds is 5. The maximum Gasteiger partial charge on any atom is 0.246 e. The van der Waals surface area contributed by atoms with Crippen LogP contribution in [0.25, 0.3) is 0 Å². The van der Waals surface area contributed by atoms with Crippen molar-refractivity contribution in [2.45, 2.75) is 43.4 Å². The largest absolute Gasteiger partial charge is 0.495 e. The number of methoxy groups -OCH3 is 1. The zero-order valence-electron chi connectivity index (χ0n) is 15.1. The second-order valence-corrected chi connectivity index (χ2v) is 8.71. The molecule has 1 amide bonds. The highest BCUT2D eigenvalue weighted by atomic mass is 32.2. The first kappa shape index (κ1) is 18.9. The minimum Gasteiger partial charge on any atom is -0.495 e. The molecule has 2 aliphatic rings. The van der Waals surface area contributed by atoms with Gasteiger partial charge in [0.15, 0.2) is 0 Å². The summed E-state index contributed by atoms with van der Waals surface area (Å²) < 4.78 is 32.8. The third-order valence-electron chi connectivity index (χ3n) is 5.00. The Bertz CT molecular complexity index is 783. The fourth-order valence-corrected chi connectivity index (χ4v) is 5.18. The molecule has 7 heteroatoms. The molecule has 1 fully saturated rings. The maximum atomic E-state index is 13.0. The Hall–Kier alpha value is -1.86. The van der Waals surface area contributed by atoms with Gasteiger partial charge in [0.25, 0.3) is 0 Å². The second-order valence-electron chi connectivity index (χ2n) is 6.80. The van der Waals surface area contributed by atoms with Crippen molar-refractivity contribution in [1.82, 2.24) is 4.31 Å². The Labute approximate surface area is 155 Å². The molecule has 142 valence electrons. The number of nitrogens with one attached hydrogen (secondary N) is 1. The van der Waals surface area contributed by atoms with Gasteiger partial charge in [0.1, 0.15) is 10.6 Å². The monoisotopic (exact) mass is 378 g/mol. The number of hydrogen-bond acceptors (Lipinski definition) is 4. The third-order valence-corrected chi connectivity index (χ3v) is 6.92. The van der Waals surface area contributed by atoms with Crippen LogP contribution in [0.4, 0.5) is 5.69 Å². The predicted octanol–water partition coefficient (Wildman–Crippen LogP) is 3.16. The van der Waals surface area contributed by atoms with Crippen LogP contribution >= 0.6 is 0 Å². The third kappa shape index (κ3) is 4.10. The van der Waals surface area contributed by atoms with Gasteiger partial charge in [-0.25, -0.2) is 8.42 Å². The van der Waals surface area contributed by atoms with Crippen LogP contribution < -0.4 is 10.1 Å². The first-order valence-electron chi connectivity index (χ1n) is 9.16. The molecule has 0 saturated carbocycles. The zero-order valence-corrected chi connectivity index (χ0v) is 15.9. The van der Waals surface area contributed by atoms with Crippen molar-refractivity contribution >= 4 is 21.6 Å². The van der Waals surface area contributed by atoms with Crippen LogP contribution in [0.15, 0.2) is 35.2 Å². The Morgan fingerprint density at radius 1 is 1.19 bits per heavy atom. The van der Waals surface area contributed by atoms with E-state index in [2.05, 4.69) is 11.4 Å². The average molecular weight is 378 g/mol. The Kier molecular flexibility index (Phi) is 5.98. The molecule has 0 spiro atoms. The van der Waals surface area contributed by atoms with Gasteiger partial charge < -0.3 is 10.1 Å². The normalized spacial score (nSPS) is 21.3. The van der Waals surface area contributed by atoms with Gasteiger partial charge in [0.2, 0.25) is 15.9 Å². The molecule has 3 rings (SSSR count). The minimum absolute atomic E-state index is 0.0655. The summed E-state index contributed by atoms with van der Waals surface area (Å²) in [4.78, 5) is 12.6. The van der Waals surface area contributed by atoms with Gasteiger partial charge in [0, 0.05) is 24.7 Å². The number of ether oxygens (including phenoxy) is 1. The van der Waals surface area contributed by atoms with E-state index >= 15 is 0 Å². The predicted molar refractivity (Wildman–Crippen MR) is 101 cm³/mol. The van der Waals surface area contributed by atoms with E-state index in [1.54, 1.807) is 12.1 Å². The summed E-state index contributed by atoms with van der Waals surface area (Å²) in [5.74, 6) is 0.166. The molecule has 1 N–H and O–H groups in total. The van der Waals surface area contributed by atoms with Crippen molar-refractivity contribution in [3.05, 3.63) is 30.4 Å². The van der Waals surface area contributed by atoms with E-state index in [0.717, 1.165) is 38.5 Å². The van der Waals surface area contributed by atoms with Crippen LogP contribution in [0.1, 0.15) is 38.5 Å². The number of allylic oxidation sites excluding steroid dienone is 2. The van der Waals surface area contributed by atoms with Gasteiger partial charge in [-0.3, -0.25) is 4.79 Å². The number of amides is 1.